The van der Waals surface area contributed by atoms with E-state index in [1.165, 1.54) is 12.8 Å². The highest BCUT2D eigenvalue weighted by molar-refractivity contribution is 5.70. The number of nitrogens with zero attached hydrogens (tertiary/aromatic N) is 1. The van der Waals surface area contributed by atoms with E-state index in [9.17, 15) is 4.79 Å². The van der Waals surface area contributed by atoms with Crippen molar-refractivity contribution in [3.63, 3.8) is 0 Å². The minimum Gasteiger partial charge on any atom is -0.481 e. The molecule has 0 spiro atoms. The number of aliphatic carboxylic acids is 1. The molecule has 1 saturated heterocycles. The molecular formula is C11H19NO2. The number of hydrogen-bond donors (Lipinski definition) is 1. The monoisotopic (exact) mass is 197 g/mol. The van der Waals surface area contributed by atoms with Gasteiger partial charge in [-0.05, 0) is 46.1 Å². The van der Waals surface area contributed by atoms with Crippen LogP contribution in [0, 0.1) is 5.92 Å². The van der Waals surface area contributed by atoms with Gasteiger partial charge in [-0.15, -0.1) is 0 Å². The van der Waals surface area contributed by atoms with Crippen LogP contribution in [0.15, 0.2) is 0 Å². The van der Waals surface area contributed by atoms with Crippen molar-refractivity contribution in [2.24, 2.45) is 5.92 Å². The lowest BCUT2D eigenvalue weighted by atomic mass is 9.82. The fourth-order valence-corrected chi connectivity index (χ4v) is 2.69. The van der Waals surface area contributed by atoms with E-state index in [-0.39, 0.29) is 11.5 Å². The molecule has 3 heteroatoms. The van der Waals surface area contributed by atoms with Gasteiger partial charge in [0.05, 0.1) is 5.92 Å². The minimum atomic E-state index is -0.617. The number of rotatable bonds is 2. The first-order valence-electron chi connectivity index (χ1n) is 5.50. The predicted octanol–water partition coefficient (Wildman–Crippen LogP) is 1.72. The maximum Gasteiger partial charge on any atom is 0.306 e. The van der Waals surface area contributed by atoms with Crippen LogP contribution in [0.5, 0.6) is 0 Å². The Bertz CT molecular complexity index is 246. The van der Waals surface area contributed by atoms with Gasteiger partial charge in [0.25, 0.3) is 0 Å². The second kappa shape index (κ2) is 3.23. The first-order chi connectivity index (χ1) is 6.50. The molecule has 1 N–H and O–H groups in total. The maximum absolute atomic E-state index is 10.9. The number of carbonyl (C=O) groups is 1. The molecule has 1 aliphatic carbocycles. The van der Waals surface area contributed by atoms with Gasteiger partial charge >= 0.3 is 5.97 Å². The zero-order valence-corrected chi connectivity index (χ0v) is 8.99. The van der Waals surface area contributed by atoms with Gasteiger partial charge < -0.3 is 5.11 Å². The molecule has 0 aromatic carbocycles. The van der Waals surface area contributed by atoms with Crippen LogP contribution in [0.3, 0.4) is 0 Å². The van der Waals surface area contributed by atoms with Crippen LogP contribution in [0.25, 0.3) is 0 Å². The van der Waals surface area contributed by atoms with Crippen molar-refractivity contribution in [1.29, 1.82) is 0 Å². The molecule has 2 rings (SSSR count). The number of hydrogen-bond acceptors (Lipinski definition) is 2. The van der Waals surface area contributed by atoms with Gasteiger partial charge in [0, 0.05) is 11.6 Å². The van der Waals surface area contributed by atoms with E-state index in [1.54, 1.807) is 0 Å². The topological polar surface area (TPSA) is 40.5 Å². The maximum atomic E-state index is 10.9. The number of piperidine rings is 1. The lowest BCUT2D eigenvalue weighted by Gasteiger charge is -2.45. The highest BCUT2D eigenvalue weighted by atomic mass is 16.4. The molecule has 1 saturated carbocycles. The van der Waals surface area contributed by atoms with Gasteiger partial charge in [-0.2, -0.15) is 0 Å². The van der Waals surface area contributed by atoms with Crippen LogP contribution in [0.1, 0.15) is 39.5 Å². The van der Waals surface area contributed by atoms with Gasteiger partial charge in [0.2, 0.25) is 0 Å². The smallest absolute Gasteiger partial charge is 0.306 e. The third-order valence-corrected chi connectivity index (χ3v) is 3.58. The van der Waals surface area contributed by atoms with E-state index in [2.05, 4.69) is 18.7 Å². The lowest BCUT2D eigenvalue weighted by Crippen LogP contribution is -2.52. The van der Waals surface area contributed by atoms with E-state index in [1.807, 2.05) is 0 Å². The molecule has 0 amide bonds. The average molecular weight is 197 g/mol. The molecule has 0 aromatic rings. The van der Waals surface area contributed by atoms with Gasteiger partial charge in [-0.3, -0.25) is 9.69 Å². The fraction of sp³-hybridized carbons (Fsp3) is 0.909. The Morgan fingerprint density at radius 3 is 2.43 bits per heavy atom. The zero-order chi connectivity index (χ0) is 10.3. The molecule has 80 valence electrons. The van der Waals surface area contributed by atoms with E-state index in [0.29, 0.717) is 0 Å². The molecule has 1 atom stereocenters. The SMILES string of the molecule is CC1(C)CC(C(=O)O)CCN1C1CC1. The molecule has 1 heterocycles. The highest BCUT2D eigenvalue weighted by Crippen LogP contribution is 2.39. The van der Waals surface area contributed by atoms with E-state index < -0.39 is 5.97 Å². The summed E-state index contributed by atoms with van der Waals surface area (Å²) >= 11 is 0. The Morgan fingerprint density at radius 2 is 2.00 bits per heavy atom. The van der Waals surface area contributed by atoms with E-state index >= 15 is 0 Å². The Balaban J connectivity index is 2.03. The summed E-state index contributed by atoms with van der Waals surface area (Å²) in [5.41, 5.74) is 0.0858. The first kappa shape index (κ1) is 9.97. The van der Waals surface area contributed by atoms with Crippen LogP contribution < -0.4 is 0 Å². The normalized spacial score (nSPS) is 32.9. The number of carboxylic acid groups (broad SMARTS) is 1. The van der Waals surface area contributed by atoms with Crippen molar-refractivity contribution in [2.75, 3.05) is 6.54 Å². The average Bonchev–Trinajstić information content (AvgIpc) is 2.85. The van der Waals surface area contributed by atoms with Crippen molar-refractivity contribution in [3.05, 3.63) is 0 Å². The van der Waals surface area contributed by atoms with Crippen LogP contribution in [-0.2, 0) is 4.79 Å². The predicted molar refractivity (Wildman–Crippen MR) is 54.2 cm³/mol. The number of carboxylic acids is 1. The van der Waals surface area contributed by atoms with Crippen molar-refractivity contribution in [2.45, 2.75) is 51.1 Å². The Hall–Kier alpha value is -0.570. The van der Waals surface area contributed by atoms with Crippen LogP contribution in [0.2, 0.25) is 0 Å². The van der Waals surface area contributed by atoms with Gasteiger partial charge in [-0.1, -0.05) is 0 Å². The summed E-state index contributed by atoms with van der Waals surface area (Å²) in [4.78, 5) is 13.4. The molecule has 3 nitrogen and oxygen atoms in total. The standard InChI is InChI=1S/C11H19NO2/c1-11(2)7-8(10(13)14)5-6-12(11)9-3-4-9/h8-9H,3-7H2,1-2H3,(H,13,14). The summed E-state index contributed by atoms with van der Waals surface area (Å²) in [6, 6.07) is 0.750. The van der Waals surface area contributed by atoms with Gasteiger partial charge in [0.15, 0.2) is 0 Å². The molecule has 2 fully saturated rings. The second-order valence-corrected chi connectivity index (χ2v) is 5.26. The quantitative estimate of drug-likeness (QED) is 0.732. The Labute approximate surface area is 85.1 Å². The van der Waals surface area contributed by atoms with Crippen LogP contribution in [0.4, 0.5) is 0 Å². The third-order valence-electron chi connectivity index (χ3n) is 3.58. The Kier molecular flexibility index (Phi) is 2.30. The summed E-state index contributed by atoms with van der Waals surface area (Å²) < 4.78 is 0. The van der Waals surface area contributed by atoms with Crippen molar-refractivity contribution >= 4 is 5.97 Å². The van der Waals surface area contributed by atoms with Crippen LogP contribution >= 0.6 is 0 Å². The lowest BCUT2D eigenvalue weighted by molar-refractivity contribution is -0.145. The highest BCUT2D eigenvalue weighted by Gasteiger charge is 2.43. The largest absolute Gasteiger partial charge is 0.481 e. The molecule has 14 heavy (non-hydrogen) atoms. The van der Waals surface area contributed by atoms with Crippen molar-refractivity contribution in [3.8, 4) is 0 Å². The molecule has 0 bridgehead atoms. The molecule has 0 radical (unpaired) electrons. The summed E-state index contributed by atoms with van der Waals surface area (Å²) in [6.45, 7) is 5.33. The van der Waals surface area contributed by atoms with Crippen molar-refractivity contribution in [1.82, 2.24) is 4.90 Å². The molecule has 1 unspecified atom stereocenters. The molecular weight excluding hydrogens is 178 g/mol. The van der Waals surface area contributed by atoms with Gasteiger partial charge in [-0.25, -0.2) is 0 Å². The van der Waals surface area contributed by atoms with Crippen molar-refractivity contribution < 1.29 is 9.90 Å². The molecule has 1 aliphatic heterocycles. The minimum absolute atomic E-state index is 0.0858. The summed E-state index contributed by atoms with van der Waals surface area (Å²) in [7, 11) is 0. The fourth-order valence-electron chi connectivity index (χ4n) is 2.69. The third kappa shape index (κ3) is 1.78. The summed E-state index contributed by atoms with van der Waals surface area (Å²) in [5, 5.41) is 8.99. The Morgan fingerprint density at radius 1 is 1.36 bits per heavy atom. The first-order valence-corrected chi connectivity index (χ1v) is 5.50. The summed E-state index contributed by atoms with van der Waals surface area (Å²) in [5.74, 6) is -0.742. The van der Waals surface area contributed by atoms with Gasteiger partial charge in [0.1, 0.15) is 0 Å². The number of likely N-dealkylation sites (tertiary alicyclic amines) is 1. The second-order valence-electron chi connectivity index (χ2n) is 5.26. The molecule has 0 aromatic heterocycles. The van der Waals surface area contributed by atoms with Crippen LogP contribution in [-0.4, -0.2) is 34.1 Å². The zero-order valence-electron chi connectivity index (χ0n) is 8.99. The molecule has 2 aliphatic rings. The summed E-state index contributed by atoms with van der Waals surface area (Å²) in [6.07, 6.45) is 4.25. The van der Waals surface area contributed by atoms with E-state index in [0.717, 1.165) is 25.4 Å². The van der Waals surface area contributed by atoms with E-state index in [4.69, 9.17) is 5.11 Å².